The molecule has 0 amide bonds. The minimum atomic E-state index is -5.12. The molecule has 1 N–H and O–H groups in total. The van der Waals surface area contributed by atoms with E-state index in [1.807, 2.05) is 0 Å². The largest absolute Gasteiger partial charge is 0.433 e. The highest BCUT2D eigenvalue weighted by molar-refractivity contribution is 7.92. The molecule has 156 valence electrons. The second-order valence-electron chi connectivity index (χ2n) is 5.65. The lowest BCUT2D eigenvalue weighted by Gasteiger charge is -2.14. The molecular formula is C14H8F7N5O2S. The second-order valence-corrected chi connectivity index (χ2v) is 7.23. The van der Waals surface area contributed by atoms with Crippen molar-refractivity contribution in [2.75, 3.05) is 4.72 Å². The molecule has 29 heavy (non-hydrogen) atoms. The first-order valence-electron chi connectivity index (χ1n) is 7.40. The fourth-order valence-electron chi connectivity index (χ4n) is 2.33. The fraction of sp³-hybridized carbons (Fsp3) is 0.214. The molecule has 2 aromatic heterocycles. The summed E-state index contributed by atoms with van der Waals surface area (Å²) < 4.78 is 118. The molecule has 1 aromatic carbocycles. The van der Waals surface area contributed by atoms with Crippen LogP contribution in [-0.4, -0.2) is 28.0 Å². The summed E-state index contributed by atoms with van der Waals surface area (Å²) in [6, 6.07) is 2.27. The topological polar surface area (TPSA) is 89.3 Å². The highest BCUT2D eigenvalue weighted by Gasteiger charge is 2.38. The Bertz CT molecular complexity index is 1200. The van der Waals surface area contributed by atoms with Crippen LogP contribution in [0.2, 0.25) is 0 Å². The van der Waals surface area contributed by atoms with E-state index in [0.717, 1.165) is 0 Å². The van der Waals surface area contributed by atoms with Crippen molar-refractivity contribution in [2.24, 2.45) is 0 Å². The van der Waals surface area contributed by atoms with Crippen molar-refractivity contribution < 1.29 is 39.2 Å². The zero-order valence-corrected chi connectivity index (χ0v) is 14.8. The predicted octanol–water partition coefficient (Wildman–Crippen LogP) is 3.41. The van der Waals surface area contributed by atoms with Gasteiger partial charge in [-0.2, -0.15) is 44.3 Å². The maximum Gasteiger partial charge on any atom is 0.433 e. The summed E-state index contributed by atoms with van der Waals surface area (Å²) >= 11 is 0. The molecule has 0 spiro atoms. The average Bonchev–Trinajstić information content (AvgIpc) is 2.98. The molecule has 3 aromatic rings. The molecule has 15 heteroatoms. The van der Waals surface area contributed by atoms with Crippen LogP contribution in [0.15, 0.2) is 29.4 Å². The van der Waals surface area contributed by atoms with E-state index in [1.165, 1.54) is 11.6 Å². The Kier molecular flexibility index (Phi) is 4.68. The molecule has 0 saturated heterocycles. The van der Waals surface area contributed by atoms with Crippen molar-refractivity contribution in [1.82, 2.24) is 19.6 Å². The number of benzene rings is 1. The Morgan fingerprint density at radius 1 is 1.03 bits per heavy atom. The zero-order valence-electron chi connectivity index (χ0n) is 14.0. The summed E-state index contributed by atoms with van der Waals surface area (Å²) in [6.45, 7) is 1.19. The molecule has 0 fully saturated rings. The average molecular weight is 443 g/mol. The van der Waals surface area contributed by atoms with Crippen LogP contribution < -0.4 is 4.72 Å². The van der Waals surface area contributed by atoms with Gasteiger partial charge in [0.05, 0.1) is 11.3 Å². The van der Waals surface area contributed by atoms with Gasteiger partial charge in [-0.05, 0) is 25.1 Å². The van der Waals surface area contributed by atoms with Crippen LogP contribution in [0.1, 0.15) is 17.0 Å². The Balaban J connectivity index is 2.14. The van der Waals surface area contributed by atoms with E-state index >= 15 is 0 Å². The van der Waals surface area contributed by atoms with Gasteiger partial charge in [-0.25, -0.2) is 9.37 Å². The minimum Gasteiger partial charge on any atom is -0.273 e. The van der Waals surface area contributed by atoms with Gasteiger partial charge in [-0.3, -0.25) is 4.72 Å². The highest BCUT2D eigenvalue weighted by atomic mass is 32.2. The number of alkyl halides is 6. The number of nitrogens with one attached hydrogen (secondary N) is 1. The smallest absolute Gasteiger partial charge is 0.273 e. The fourth-order valence-corrected chi connectivity index (χ4v) is 3.29. The lowest BCUT2D eigenvalue weighted by Crippen LogP contribution is -2.20. The third kappa shape index (κ3) is 3.94. The number of halogens is 7. The van der Waals surface area contributed by atoms with Crippen molar-refractivity contribution >= 4 is 21.5 Å². The summed E-state index contributed by atoms with van der Waals surface area (Å²) in [5.41, 5.74) is -4.66. The summed E-state index contributed by atoms with van der Waals surface area (Å²) in [7, 11) is -5.10. The molecule has 7 nitrogen and oxygen atoms in total. The van der Waals surface area contributed by atoms with E-state index in [4.69, 9.17) is 0 Å². The molecule has 0 aliphatic rings. The lowest BCUT2D eigenvalue weighted by atomic mass is 10.1. The molecule has 0 aliphatic heterocycles. The van der Waals surface area contributed by atoms with E-state index in [9.17, 15) is 39.2 Å². The number of hydrogen-bond donors (Lipinski definition) is 1. The number of para-hydroxylation sites is 1. The van der Waals surface area contributed by atoms with Crippen LogP contribution >= 0.6 is 0 Å². The normalized spacial score (nSPS) is 13.1. The molecule has 3 rings (SSSR count). The molecule has 0 unspecified atom stereocenters. The quantitative estimate of drug-likeness (QED) is 0.627. The van der Waals surface area contributed by atoms with E-state index < -0.39 is 56.1 Å². The first-order valence-corrected chi connectivity index (χ1v) is 8.88. The van der Waals surface area contributed by atoms with E-state index in [1.54, 1.807) is 0 Å². The molecule has 2 heterocycles. The van der Waals surface area contributed by atoms with Gasteiger partial charge in [0.25, 0.3) is 21.0 Å². The van der Waals surface area contributed by atoms with Crippen molar-refractivity contribution in [3.63, 3.8) is 0 Å². The zero-order chi connectivity index (χ0) is 21.8. The SMILES string of the molecule is Cc1cc(C(F)(F)F)n2nc(S(=O)(=O)Nc3c(F)cccc3C(F)(F)F)nc2n1. The number of rotatable bonds is 3. The van der Waals surface area contributed by atoms with Gasteiger partial charge in [0, 0.05) is 5.69 Å². The third-order valence-corrected chi connectivity index (χ3v) is 4.63. The number of nitrogens with zero attached hydrogens (tertiary/aromatic N) is 4. The van der Waals surface area contributed by atoms with Crippen LogP contribution in [0.5, 0.6) is 0 Å². The van der Waals surface area contributed by atoms with E-state index in [-0.39, 0.29) is 10.2 Å². The summed E-state index contributed by atoms with van der Waals surface area (Å²) in [5, 5.41) is 1.86. The summed E-state index contributed by atoms with van der Waals surface area (Å²) in [4.78, 5) is 6.93. The lowest BCUT2D eigenvalue weighted by molar-refractivity contribution is -0.142. The monoisotopic (exact) mass is 443 g/mol. The van der Waals surface area contributed by atoms with Crippen molar-refractivity contribution in [1.29, 1.82) is 0 Å². The Morgan fingerprint density at radius 3 is 2.28 bits per heavy atom. The minimum absolute atomic E-state index is 0.0770. The number of anilines is 1. The van der Waals surface area contributed by atoms with Crippen molar-refractivity contribution in [3.8, 4) is 0 Å². The van der Waals surface area contributed by atoms with Crippen LogP contribution in [0.25, 0.3) is 5.78 Å². The molecular weight excluding hydrogens is 435 g/mol. The predicted molar refractivity (Wildman–Crippen MR) is 82.7 cm³/mol. The Hall–Kier alpha value is -2.97. The van der Waals surface area contributed by atoms with Gasteiger partial charge < -0.3 is 0 Å². The van der Waals surface area contributed by atoms with Gasteiger partial charge in [0.15, 0.2) is 5.69 Å². The number of fused-ring (bicyclic) bond motifs is 1. The number of sulfonamides is 1. The van der Waals surface area contributed by atoms with Crippen LogP contribution in [-0.2, 0) is 22.4 Å². The van der Waals surface area contributed by atoms with E-state index in [0.29, 0.717) is 24.3 Å². The molecule has 0 atom stereocenters. The first kappa shape index (κ1) is 20.8. The second kappa shape index (κ2) is 6.53. The maximum atomic E-state index is 13.9. The van der Waals surface area contributed by atoms with Crippen molar-refractivity contribution in [3.05, 3.63) is 47.0 Å². The van der Waals surface area contributed by atoms with Gasteiger partial charge in [0.1, 0.15) is 5.82 Å². The summed E-state index contributed by atoms with van der Waals surface area (Å²) in [5.74, 6) is -2.32. The van der Waals surface area contributed by atoms with Crippen LogP contribution in [0, 0.1) is 12.7 Å². The standard InChI is InChI=1S/C14H8F7N5O2S/c1-6-5-9(14(19,20)21)26-11(22-6)23-12(24-26)29(27,28)25-10-7(13(16,17)18)3-2-4-8(10)15/h2-5,25H,1H3. The van der Waals surface area contributed by atoms with Crippen LogP contribution in [0.4, 0.5) is 36.4 Å². The number of aromatic nitrogens is 4. The Morgan fingerprint density at radius 2 is 1.69 bits per heavy atom. The molecule has 0 bridgehead atoms. The van der Waals surface area contributed by atoms with E-state index in [2.05, 4.69) is 15.1 Å². The van der Waals surface area contributed by atoms with Crippen molar-refractivity contribution in [2.45, 2.75) is 24.4 Å². The highest BCUT2D eigenvalue weighted by Crippen LogP contribution is 2.37. The van der Waals surface area contributed by atoms with Gasteiger partial charge >= 0.3 is 12.4 Å². The molecule has 0 radical (unpaired) electrons. The number of hydrogen-bond acceptors (Lipinski definition) is 5. The van der Waals surface area contributed by atoms with Crippen LogP contribution in [0.3, 0.4) is 0 Å². The Labute approximate surface area is 157 Å². The molecule has 0 aliphatic carbocycles. The third-order valence-electron chi connectivity index (χ3n) is 3.51. The molecule has 0 saturated carbocycles. The summed E-state index contributed by atoms with van der Waals surface area (Å²) in [6.07, 6.45) is -10.1. The number of aryl methyl sites for hydroxylation is 1. The van der Waals surface area contributed by atoms with Gasteiger partial charge in [-0.1, -0.05) is 6.07 Å². The first-order chi connectivity index (χ1) is 13.2. The van der Waals surface area contributed by atoms with Gasteiger partial charge in [-0.15, -0.1) is 5.10 Å². The maximum absolute atomic E-state index is 13.9. The van der Waals surface area contributed by atoms with Gasteiger partial charge in [0.2, 0.25) is 0 Å².